The minimum absolute atomic E-state index is 0.142. The molecule has 0 saturated carbocycles. The van der Waals surface area contributed by atoms with Crippen LogP contribution in [0.1, 0.15) is 218 Å². The van der Waals surface area contributed by atoms with Crippen LogP contribution in [0.2, 0.25) is 0 Å². The van der Waals surface area contributed by atoms with Gasteiger partial charge in [0, 0.05) is 97.6 Å². The Morgan fingerprint density at radius 3 is 0.875 bits per heavy atom. The van der Waals surface area contributed by atoms with Gasteiger partial charge >= 0.3 is 0 Å². The largest absolute Gasteiger partial charge is 0.212 e. The van der Waals surface area contributed by atoms with Crippen LogP contribution in [0.4, 0.5) is 0 Å². The van der Waals surface area contributed by atoms with E-state index in [-0.39, 0.29) is 11.1 Å². The first-order valence-electron chi connectivity index (χ1n) is 46.2. The normalized spacial score (nSPS) is 15.5. The van der Waals surface area contributed by atoms with Gasteiger partial charge in [-0.15, -0.1) is 0 Å². The maximum absolute atomic E-state index is 8.71. The monoisotopic (exact) mass is 1400 g/mol. The molecule has 0 aliphatic rings. The Hall–Kier alpha value is -9.64. The van der Waals surface area contributed by atoms with E-state index in [2.05, 4.69) is 6.07 Å². The summed E-state index contributed by atoms with van der Waals surface area (Å²) in [6.07, 6.45) is 5.88. The molecule has 104 heavy (non-hydrogen) atoms. The molecule has 8 aromatic carbocycles. The predicted molar refractivity (Wildman–Crippen MR) is 446 cm³/mol. The molecule has 4 nitrogen and oxygen atoms in total. The number of rotatable bonds is 13. The van der Waals surface area contributed by atoms with Gasteiger partial charge in [0.15, 0.2) is 24.8 Å². The first-order valence-corrected chi connectivity index (χ1v) is 35.7. The number of aromatic nitrogens is 4. The van der Waals surface area contributed by atoms with Crippen LogP contribution in [-0.4, -0.2) is 0 Å². The van der Waals surface area contributed by atoms with Crippen molar-refractivity contribution in [1.82, 2.24) is 0 Å². The molecule has 4 heteroatoms. The second-order valence-electron chi connectivity index (χ2n) is 29.6. The van der Waals surface area contributed by atoms with Gasteiger partial charge in [0.1, 0.15) is 28.2 Å². The summed E-state index contributed by atoms with van der Waals surface area (Å²) in [6, 6.07) is 60.8. The summed E-state index contributed by atoms with van der Waals surface area (Å²) < 4.78 is 180. The van der Waals surface area contributed by atoms with Gasteiger partial charge in [-0.05, 0) is 247 Å². The molecule has 536 valence electrons. The molecule has 4 heterocycles. The highest BCUT2D eigenvalue weighted by Gasteiger charge is 2.26. The molecule has 0 amide bonds. The Morgan fingerprint density at radius 2 is 0.567 bits per heavy atom. The Bertz CT molecular complexity index is 5720. The SMILES string of the molecule is [2H]C([2H])([2H])c1cc(C)c(-c2cc(C([2H])(C)C)c(C([2H])(C)C)c[n+]2C)cc1-c1ccccc1.[2H]C([2H])([2H])c1cc(C)c(-c2cc(C([2H])(C)C)c(C([2H])([2H])[2H])c[n+]2C)cc1-c1ccccc1.[2H]C([2H])([2H])c1cc(C)c(-c2cc(C)c(C([2H])(C)C)c[n+]2C)cc1-c1ccccc1.[2H]C([2H])([2H])c1cc(C)c(-c2cc(C)c(C([2H])([2H])C(C)(C)C)c[n+]2C)cc1-c1ccccc1. The van der Waals surface area contributed by atoms with Gasteiger partial charge in [-0.3, -0.25) is 0 Å². The van der Waals surface area contributed by atoms with E-state index in [1.54, 1.807) is 62.0 Å². The number of hydrogen-bond acceptors (Lipinski definition) is 0. The highest BCUT2D eigenvalue weighted by molar-refractivity contribution is 5.80. The van der Waals surface area contributed by atoms with E-state index in [1.807, 2.05) is 315 Å². The van der Waals surface area contributed by atoms with Crippen molar-refractivity contribution in [3.05, 3.63) is 308 Å². The van der Waals surface area contributed by atoms with Crippen molar-refractivity contribution < 1.29 is 47.1 Å². The summed E-state index contributed by atoms with van der Waals surface area (Å²) in [6.45, 7) is 20.5. The van der Waals surface area contributed by atoms with E-state index in [0.717, 1.165) is 123 Å². The van der Waals surface area contributed by atoms with Crippen molar-refractivity contribution in [1.29, 1.82) is 0 Å². The predicted octanol–water partition coefficient (Wildman–Crippen LogP) is 24.9. The van der Waals surface area contributed by atoms with E-state index in [4.69, 9.17) is 28.8 Å². The Kier molecular flexibility index (Phi) is 17.6. The summed E-state index contributed by atoms with van der Waals surface area (Å²) >= 11 is 0. The maximum atomic E-state index is 8.71. The van der Waals surface area contributed by atoms with Crippen LogP contribution in [0.3, 0.4) is 0 Å². The smallest absolute Gasteiger partial charge is 0.201 e. The number of aryl methyl sites for hydroxylation is 15. The minimum Gasteiger partial charge on any atom is -0.201 e. The van der Waals surface area contributed by atoms with Crippen molar-refractivity contribution >= 4 is 0 Å². The summed E-state index contributed by atoms with van der Waals surface area (Å²) in [5.41, 5.74) is 23.2. The van der Waals surface area contributed by atoms with E-state index in [9.17, 15) is 0 Å². The van der Waals surface area contributed by atoms with Gasteiger partial charge in [0.25, 0.3) is 0 Å². The fraction of sp³-hybridized carbons (Fsp3) is 0.320. The number of nitrogens with zero attached hydrogens (tertiary/aromatic N) is 4. The highest BCUT2D eigenvalue weighted by Crippen LogP contribution is 2.38. The molecule has 0 N–H and O–H groups in total. The van der Waals surface area contributed by atoms with Crippen LogP contribution < -0.4 is 18.3 Å². The third kappa shape index (κ3) is 18.6. The molecule has 0 aliphatic carbocycles. The average molecular weight is 1400 g/mol. The van der Waals surface area contributed by atoms with Gasteiger partial charge in [0.05, 0.1) is 0 Å². The van der Waals surface area contributed by atoms with Gasteiger partial charge in [-0.25, -0.2) is 18.3 Å². The molecule has 0 fully saturated rings. The zero-order valence-corrected chi connectivity index (χ0v) is 65.1. The van der Waals surface area contributed by atoms with Gasteiger partial charge < -0.3 is 0 Å². The number of pyridine rings is 4. The third-order valence-electron chi connectivity index (χ3n) is 19.1. The van der Waals surface area contributed by atoms with E-state index in [1.165, 1.54) is 0 Å². The third-order valence-corrected chi connectivity index (χ3v) is 19.1. The first-order chi connectivity index (χ1) is 57.2. The average Bonchev–Trinajstić information content (AvgIpc) is 0.766. The fourth-order valence-electron chi connectivity index (χ4n) is 13.5. The molecule has 0 saturated heterocycles. The second kappa shape index (κ2) is 33.9. The first kappa shape index (κ1) is 54.0. The van der Waals surface area contributed by atoms with E-state index in [0.29, 0.717) is 44.5 Å². The fourth-order valence-corrected chi connectivity index (χ4v) is 13.5. The van der Waals surface area contributed by atoms with Crippen molar-refractivity contribution in [3.63, 3.8) is 0 Å². The lowest BCUT2D eigenvalue weighted by atomic mass is 9.86. The second-order valence-corrected chi connectivity index (χ2v) is 29.6. The number of hydrogen-bond donors (Lipinski definition) is 0. The topological polar surface area (TPSA) is 15.5 Å². The zero-order valence-electron chi connectivity index (χ0n) is 86.1. The Balaban J connectivity index is 0.000000189. The van der Waals surface area contributed by atoms with Crippen molar-refractivity contribution in [2.45, 2.75) is 182 Å². The van der Waals surface area contributed by atoms with Gasteiger partial charge in [-0.2, -0.15) is 0 Å². The number of benzene rings is 8. The van der Waals surface area contributed by atoms with Crippen LogP contribution in [0, 0.1) is 81.2 Å². The lowest BCUT2D eigenvalue weighted by Crippen LogP contribution is -2.32. The van der Waals surface area contributed by atoms with Crippen molar-refractivity contribution in [2.75, 3.05) is 0 Å². The molecule has 12 rings (SSSR count). The summed E-state index contributed by atoms with van der Waals surface area (Å²) in [5.74, 6) is -3.54. The molecule has 0 radical (unpaired) electrons. The van der Waals surface area contributed by atoms with Crippen LogP contribution >= 0.6 is 0 Å². The summed E-state index contributed by atoms with van der Waals surface area (Å²) in [4.78, 5) is 0. The zero-order chi connectivity index (χ0) is 93.7. The standard InChI is InChI=1S/2C26H32N.2C24H28N/c1-18-14-25(27(7)17-22(18)16-26(4,5)6)24-15-23(19(2)13-20(24)3)21-11-9-8-10-12-21;1-17(2)22-15-26(27(7)16-25(22)18(3)4)24-14-23(19(5)13-20(24)6)21-11-9-8-10-12-21;1-16(2)21-14-24(25(6)15-19(21)5)23-13-22(17(3)12-18(23)4)20-10-8-7-9-11-20;1-16(2)23-15-25(6)24(13-19(23)5)22-14-21(17(3)12-18(22)4)20-10-8-7-9-11-20/h8-15,17H,16H2,1-7H3;8-18H,1-7H3;2*7-16H,1-6H3/q4*+1/i2D3,16D2;5D3,17D,18D;3D3,5D3,16D;3D3,16D. The maximum Gasteiger partial charge on any atom is 0.212 e. The molecule has 0 unspecified atom stereocenters. The summed E-state index contributed by atoms with van der Waals surface area (Å²) in [7, 11) is 7.59. The van der Waals surface area contributed by atoms with Crippen molar-refractivity contribution in [3.8, 4) is 89.5 Å². The molecule has 0 bridgehead atoms. The minimum atomic E-state index is -2.35. The van der Waals surface area contributed by atoms with E-state index < -0.39 is 69.6 Å². The lowest BCUT2D eigenvalue weighted by molar-refractivity contribution is -0.661. The van der Waals surface area contributed by atoms with Crippen LogP contribution in [0.15, 0.2) is 219 Å². The molecule has 0 spiro atoms. The lowest BCUT2D eigenvalue weighted by Gasteiger charge is -2.19. The Morgan fingerprint density at radius 1 is 0.288 bits per heavy atom. The molecular weight excluding hydrogens is 1260 g/mol. The molecule has 12 aromatic rings. The van der Waals surface area contributed by atoms with E-state index >= 15 is 0 Å². The van der Waals surface area contributed by atoms with Crippen molar-refractivity contribution in [2.24, 2.45) is 33.6 Å². The summed E-state index contributed by atoms with van der Waals surface area (Å²) in [5, 5.41) is 0. The van der Waals surface area contributed by atoms with Gasteiger partial charge in [0.2, 0.25) is 22.8 Å². The molecule has 0 aliphatic heterocycles. The van der Waals surface area contributed by atoms with Crippen LogP contribution in [0.25, 0.3) is 89.5 Å². The van der Waals surface area contributed by atoms with Gasteiger partial charge in [-0.1, -0.05) is 222 Å². The quantitative estimate of drug-likeness (QED) is 0.102. The van der Waals surface area contributed by atoms with Crippen LogP contribution in [0.5, 0.6) is 0 Å². The molecular formula is C100H120N4+4. The Labute approximate surface area is 657 Å². The molecule has 0 atom stereocenters. The highest BCUT2D eigenvalue weighted by atomic mass is 14.9. The molecule has 4 aromatic heterocycles. The van der Waals surface area contributed by atoms with Crippen LogP contribution in [-0.2, 0) is 34.6 Å².